The fourth-order valence-corrected chi connectivity index (χ4v) is 1.80. The van der Waals surface area contributed by atoms with Gasteiger partial charge in [0.15, 0.2) is 0 Å². The molecule has 1 aromatic carbocycles. The van der Waals surface area contributed by atoms with E-state index in [9.17, 15) is 4.79 Å². The Morgan fingerprint density at radius 3 is 2.83 bits per heavy atom. The normalized spacial score (nSPS) is 10.4. The predicted octanol–water partition coefficient (Wildman–Crippen LogP) is 1.78. The van der Waals surface area contributed by atoms with Gasteiger partial charge < -0.3 is 15.2 Å². The number of carbonyl (C=O) groups is 1. The summed E-state index contributed by atoms with van der Waals surface area (Å²) in [6, 6.07) is 5.25. The molecule has 0 fully saturated rings. The molecule has 2 N–H and O–H groups in total. The molecule has 0 saturated heterocycles. The first-order valence-electron chi connectivity index (χ1n) is 5.87. The highest BCUT2D eigenvalue weighted by atomic mass is 35.5. The molecule has 0 saturated carbocycles. The van der Waals surface area contributed by atoms with Gasteiger partial charge in [-0.2, -0.15) is 0 Å². The summed E-state index contributed by atoms with van der Waals surface area (Å²) in [6.45, 7) is 3.31. The Bertz CT molecular complexity index is 376. The first kappa shape index (κ1) is 15.0. The Labute approximate surface area is 112 Å². The van der Waals surface area contributed by atoms with Crippen molar-refractivity contribution in [3.63, 3.8) is 0 Å². The van der Waals surface area contributed by atoms with Crippen LogP contribution < -0.4 is 5.32 Å². The lowest BCUT2D eigenvalue weighted by atomic mass is 10.1. The molecule has 0 aliphatic carbocycles. The van der Waals surface area contributed by atoms with Gasteiger partial charge >= 0.3 is 0 Å². The molecule has 0 atom stereocenters. The van der Waals surface area contributed by atoms with Crippen LogP contribution in [0.2, 0.25) is 5.02 Å². The SMILES string of the molecule is Cc1cc(Cl)cc(C(=O)NCCCOCCO)c1. The molecule has 0 bridgehead atoms. The van der Waals surface area contributed by atoms with Crippen LogP contribution in [0.4, 0.5) is 0 Å². The second kappa shape index (κ2) is 8.08. The Morgan fingerprint density at radius 1 is 1.39 bits per heavy atom. The molecular weight excluding hydrogens is 254 g/mol. The number of benzene rings is 1. The zero-order valence-corrected chi connectivity index (χ0v) is 11.2. The predicted molar refractivity (Wildman–Crippen MR) is 71.0 cm³/mol. The van der Waals surface area contributed by atoms with Gasteiger partial charge in [0.05, 0.1) is 13.2 Å². The van der Waals surface area contributed by atoms with Crippen molar-refractivity contribution >= 4 is 17.5 Å². The van der Waals surface area contributed by atoms with Crippen LogP contribution in [0.1, 0.15) is 22.3 Å². The lowest BCUT2D eigenvalue weighted by Gasteiger charge is -2.07. The number of carbonyl (C=O) groups excluding carboxylic acids is 1. The number of hydrogen-bond acceptors (Lipinski definition) is 3. The summed E-state index contributed by atoms with van der Waals surface area (Å²) in [5.74, 6) is -0.136. The summed E-state index contributed by atoms with van der Waals surface area (Å²) in [4.78, 5) is 11.8. The van der Waals surface area contributed by atoms with Gasteiger partial charge in [0.2, 0.25) is 0 Å². The quantitative estimate of drug-likeness (QED) is 0.743. The fraction of sp³-hybridized carbons (Fsp3) is 0.462. The highest BCUT2D eigenvalue weighted by Gasteiger charge is 2.06. The van der Waals surface area contributed by atoms with Gasteiger partial charge in [0.1, 0.15) is 0 Å². The van der Waals surface area contributed by atoms with Crippen molar-refractivity contribution in [3.8, 4) is 0 Å². The van der Waals surface area contributed by atoms with Gasteiger partial charge in [-0.25, -0.2) is 0 Å². The van der Waals surface area contributed by atoms with E-state index >= 15 is 0 Å². The third-order valence-corrected chi connectivity index (χ3v) is 2.51. The molecule has 0 radical (unpaired) electrons. The Balaban J connectivity index is 2.32. The van der Waals surface area contributed by atoms with Crippen molar-refractivity contribution in [1.82, 2.24) is 5.32 Å². The summed E-state index contributed by atoms with van der Waals surface area (Å²) in [5.41, 5.74) is 1.52. The van der Waals surface area contributed by atoms with Crippen LogP contribution in [-0.2, 0) is 4.74 Å². The van der Waals surface area contributed by atoms with E-state index < -0.39 is 0 Å². The molecule has 1 amide bonds. The highest BCUT2D eigenvalue weighted by molar-refractivity contribution is 6.31. The third kappa shape index (κ3) is 5.49. The van der Waals surface area contributed by atoms with Crippen LogP contribution >= 0.6 is 11.6 Å². The first-order valence-corrected chi connectivity index (χ1v) is 6.25. The lowest BCUT2D eigenvalue weighted by Crippen LogP contribution is -2.25. The summed E-state index contributed by atoms with van der Waals surface area (Å²) < 4.78 is 5.09. The van der Waals surface area contributed by atoms with E-state index in [2.05, 4.69) is 5.32 Å². The Kier molecular flexibility index (Phi) is 6.72. The molecule has 0 spiro atoms. The topological polar surface area (TPSA) is 58.6 Å². The Morgan fingerprint density at radius 2 is 2.17 bits per heavy atom. The Hall–Kier alpha value is -1.10. The second-order valence-corrected chi connectivity index (χ2v) is 4.40. The van der Waals surface area contributed by atoms with Crippen molar-refractivity contribution in [3.05, 3.63) is 34.3 Å². The minimum atomic E-state index is -0.136. The summed E-state index contributed by atoms with van der Waals surface area (Å²) in [6.07, 6.45) is 0.714. The van der Waals surface area contributed by atoms with Gasteiger partial charge in [-0.15, -0.1) is 0 Å². The molecule has 0 aliphatic heterocycles. The molecule has 0 heterocycles. The monoisotopic (exact) mass is 271 g/mol. The minimum absolute atomic E-state index is 0.0220. The molecule has 18 heavy (non-hydrogen) atoms. The van der Waals surface area contributed by atoms with Crippen molar-refractivity contribution in [1.29, 1.82) is 0 Å². The minimum Gasteiger partial charge on any atom is -0.394 e. The number of aryl methyl sites for hydroxylation is 1. The number of hydrogen-bond donors (Lipinski definition) is 2. The van der Waals surface area contributed by atoms with Crippen LogP contribution in [0.3, 0.4) is 0 Å². The van der Waals surface area contributed by atoms with Crippen molar-refractivity contribution in [2.45, 2.75) is 13.3 Å². The van der Waals surface area contributed by atoms with Crippen LogP contribution in [0, 0.1) is 6.92 Å². The van der Waals surface area contributed by atoms with Gasteiger partial charge in [0, 0.05) is 23.7 Å². The van der Waals surface area contributed by atoms with Crippen LogP contribution in [-0.4, -0.2) is 37.4 Å². The maximum absolute atomic E-state index is 11.8. The van der Waals surface area contributed by atoms with E-state index in [1.54, 1.807) is 18.2 Å². The number of aliphatic hydroxyl groups excluding tert-OH is 1. The molecule has 1 aromatic rings. The second-order valence-electron chi connectivity index (χ2n) is 3.96. The van der Waals surface area contributed by atoms with E-state index in [4.69, 9.17) is 21.4 Å². The van der Waals surface area contributed by atoms with E-state index in [1.165, 1.54) is 0 Å². The lowest BCUT2D eigenvalue weighted by molar-refractivity contribution is 0.0867. The molecular formula is C13H18ClNO3. The highest BCUT2D eigenvalue weighted by Crippen LogP contribution is 2.14. The molecule has 0 aromatic heterocycles. The molecule has 5 heteroatoms. The maximum atomic E-state index is 11.8. The van der Waals surface area contributed by atoms with E-state index in [1.807, 2.05) is 6.92 Å². The summed E-state index contributed by atoms with van der Waals surface area (Å²) in [7, 11) is 0. The number of halogens is 1. The first-order chi connectivity index (χ1) is 8.63. The standard InChI is InChI=1S/C13H18ClNO3/c1-10-7-11(9-12(14)8-10)13(17)15-3-2-5-18-6-4-16/h7-9,16H,2-6H2,1H3,(H,15,17). The molecule has 100 valence electrons. The molecule has 1 rings (SSSR count). The van der Waals surface area contributed by atoms with Gasteiger partial charge in [0.25, 0.3) is 5.91 Å². The average Bonchev–Trinajstić information content (AvgIpc) is 2.32. The summed E-state index contributed by atoms with van der Waals surface area (Å²) in [5, 5.41) is 11.9. The van der Waals surface area contributed by atoms with Crippen molar-refractivity contribution in [2.24, 2.45) is 0 Å². The van der Waals surface area contributed by atoms with Crippen LogP contribution in [0.5, 0.6) is 0 Å². The third-order valence-electron chi connectivity index (χ3n) is 2.29. The molecule has 0 aliphatic rings. The number of rotatable bonds is 7. The van der Waals surface area contributed by atoms with E-state index in [0.29, 0.717) is 36.8 Å². The van der Waals surface area contributed by atoms with Crippen molar-refractivity contribution in [2.75, 3.05) is 26.4 Å². The van der Waals surface area contributed by atoms with Gasteiger partial charge in [-0.1, -0.05) is 11.6 Å². The number of ether oxygens (including phenoxy) is 1. The zero-order chi connectivity index (χ0) is 13.4. The van der Waals surface area contributed by atoms with Crippen LogP contribution in [0.15, 0.2) is 18.2 Å². The molecule has 4 nitrogen and oxygen atoms in total. The number of aliphatic hydroxyl groups is 1. The molecule has 0 unspecified atom stereocenters. The summed E-state index contributed by atoms with van der Waals surface area (Å²) >= 11 is 5.89. The number of nitrogens with one attached hydrogen (secondary N) is 1. The van der Waals surface area contributed by atoms with E-state index in [-0.39, 0.29) is 12.5 Å². The fourth-order valence-electron chi connectivity index (χ4n) is 1.51. The van der Waals surface area contributed by atoms with E-state index in [0.717, 1.165) is 5.56 Å². The maximum Gasteiger partial charge on any atom is 0.251 e. The smallest absolute Gasteiger partial charge is 0.251 e. The average molecular weight is 272 g/mol. The number of amides is 1. The van der Waals surface area contributed by atoms with Crippen LogP contribution in [0.25, 0.3) is 0 Å². The zero-order valence-electron chi connectivity index (χ0n) is 10.4. The largest absolute Gasteiger partial charge is 0.394 e. The van der Waals surface area contributed by atoms with Crippen molar-refractivity contribution < 1.29 is 14.6 Å². The van der Waals surface area contributed by atoms with Gasteiger partial charge in [-0.3, -0.25) is 4.79 Å². The van der Waals surface area contributed by atoms with Gasteiger partial charge in [-0.05, 0) is 37.1 Å².